The van der Waals surface area contributed by atoms with E-state index in [1.165, 1.54) is 114 Å². The zero-order chi connectivity index (χ0) is 23.8. The lowest BCUT2D eigenvalue weighted by Gasteiger charge is -2.05. The molecule has 4 aliphatic rings. The summed E-state index contributed by atoms with van der Waals surface area (Å²) < 4.78 is 2.42. The normalized spacial score (nSPS) is 19.6. The average Bonchev–Trinajstić information content (AvgIpc) is 3.07. The lowest BCUT2D eigenvalue weighted by Crippen LogP contribution is -1.96. The number of hydrogen-bond acceptors (Lipinski definition) is 0. The van der Waals surface area contributed by atoms with Crippen LogP contribution in [0.2, 0.25) is 0 Å². The molecule has 1 nitrogen and oxygen atoms in total. The highest BCUT2D eigenvalue weighted by atomic mass is 15.0. The second kappa shape index (κ2) is 12.6. The highest BCUT2D eigenvalue weighted by Gasteiger charge is 2.15. The fourth-order valence-corrected chi connectivity index (χ4v) is 6.17. The molecule has 6 rings (SSSR count). The number of allylic oxidation sites excluding steroid dienone is 4. The molecule has 3 aliphatic carbocycles. The van der Waals surface area contributed by atoms with Crippen molar-refractivity contribution in [2.24, 2.45) is 0 Å². The third kappa shape index (κ3) is 7.24. The molecular formula is C33H47N. The molecule has 0 spiro atoms. The van der Waals surface area contributed by atoms with Crippen molar-refractivity contribution in [3.63, 3.8) is 0 Å². The van der Waals surface area contributed by atoms with Crippen LogP contribution >= 0.6 is 0 Å². The van der Waals surface area contributed by atoms with Crippen molar-refractivity contribution in [1.82, 2.24) is 4.57 Å². The van der Waals surface area contributed by atoms with Crippen molar-refractivity contribution in [3.8, 4) is 0 Å². The van der Waals surface area contributed by atoms with E-state index in [1.807, 2.05) is 0 Å². The Kier molecular flexibility index (Phi) is 9.31. The van der Waals surface area contributed by atoms with Crippen LogP contribution in [0.5, 0.6) is 0 Å². The van der Waals surface area contributed by atoms with Crippen molar-refractivity contribution in [2.45, 2.75) is 124 Å². The van der Waals surface area contributed by atoms with Gasteiger partial charge in [-0.3, -0.25) is 0 Å². The molecule has 1 aromatic carbocycles. The van der Waals surface area contributed by atoms with Crippen molar-refractivity contribution >= 4 is 0 Å². The van der Waals surface area contributed by atoms with Crippen LogP contribution in [0, 0.1) is 13.8 Å². The van der Waals surface area contributed by atoms with Crippen LogP contribution in [0.4, 0.5) is 0 Å². The highest BCUT2D eigenvalue weighted by molar-refractivity contribution is 5.38. The predicted molar refractivity (Wildman–Crippen MR) is 148 cm³/mol. The fourth-order valence-electron chi connectivity index (χ4n) is 6.17. The molecule has 0 atom stereocenters. The topological polar surface area (TPSA) is 4.93 Å². The Morgan fingerprint density at radius 1 is 0.618 bits per heavy atom. The standard InChI is InChI=1S/C12H16.C11H16.C10H15N/c1-10-7-8-11-5-3-2-4-6-12(11)9-10;2*1-9-7-10-5-3-2-4-6-11(10)8-9/h7-9H,2-6H2,1H3;7H,2-6,8H2,1H3;7-8H,2-6H2,1H3. The van der Waals surface area contributed by atoms with Gasteiger partial charge in [-0.05, 0) is 126 Å². The van der Waals surface area contributed by atoms with Gasteiger partial charge in [-0.1, -0.05) is 60.2 Å². The maximum atomic E-state index is 2.42. The van der Waals surface area contributed by atoms with Gasteiger partial charge in [0, 0.05) is 18.4 Å². The van der Waals surface area contributed by atoms with Crippen LogP contribution in [-0.2, 0) is 25.8 Å². The first kappa shape index (κ1) is 25.1. The Morgan fingerprint density at radius 2 is 1.32 bits per heavy atom. The molecule has 0 amide bonds. The molecule has 0 radical (unpaired) electrons. The lowest BCUT2D eigenvalue weighted by atomic mass is 10.0. The number of benzene rings is 1. The first-order valence-corrected chi connectivity index (χ1v) is 14.2. The van der Waals surface area contributed by atoms with Gasteiger partial charge in [0.2, 0.25) is 0 Å². The van der Waals surface area contributed by atoms with Crippen LogP contribution in [0.3, 0.4) is 0 Å². The van der Waals surface area contributed by atoms with Gasteiger partial charge in [0.05, 0.1) is 0 Å². The largest absolute Gasteiger partial charge is 0.351 e. The maximum Gasteiger partial charge on any atom is 0.0222 e. The van der Waals surface area contributed by atoms with Crippen LogP contribution in [0.25, 0.3) is 0 Å². The SMILES string of the molecule is CC1=CC2=C(CCCCC2)C1.Cc1cc2n(c1)CCCCC2.Cc1ccc2c(c1)CCCCC2. The Labute approximate surface area is 209 Å². The van der Waals surface area contributed by atoms with E-state index in [1.54, 1.807) is 33.5 Å². The van der Waals surface area contributed by atoms with Gasteiger partial charge in [0.1, 0.15) is 0 Å². The second-order valence-electron chi connectivity index (χ2n) is 11.2. The molecule has 0 fully saturated rings. The van der Waals surface area contributed by atoms with E-state index >= 15 is 0 Å². The van der Waals surface area contributed by atoms with Gasteiger partial charge < -0.3 is 4.57 Å². The van der Waals surface area contributed by atoms with Crippen LogP contribution in [0.15, 0.2) is 53.3 Å². The summed E-state index contributed by atoms with van der Waals surface area (Å²) in [4.78, 5) is 0. The third-order valence-electron chi connectivity index (χ3n) is 8.00. The summed E-state index contributed by atoms with van der Waals surface area (Å²) in [5.74, 6) is 0. The van der Waals surface area contributed by atoms with Crippen LogP contribution in [0.1, 0.15) is 112 Å². The van der Waals surface area contributed by atoms with E-state index in [0.717, 1.165) is 0 Å². The Hall–Kier alpha value is -2.02. The monoisotopic (exact) mass is 457 g/mol. The summed E-state index contributed by atoms with van der Waals surface area (Å²) in [6.45, 7) is 7.87. The first-order valence-electron chi connectivity index (χ1n) is 14.2. The number of fused-ring (bicyclic) bond motifs is 2. The summed E-state index contributed by atoms with van der Waals surface area (Å²) in [6.07, 6.45) is 25.2. The summed E-state index contributed by atoms with van der Waals surface area (Å²) in [5.41, 5.74) is 12.6. The summed E-state index contributed by atoms with van der Waals surface area (Å²) in [5, 5.41) is 0. The van der Waals surface area contributed by atoms with E-state index in [2.05, 4.69) is 61.9 Å². The van der Waals surface area contributed by atoms with Crippen molar-refractivity contribution in [2.75, 3.05) is 0 Å². The smallest absolute Gasteiger partial charge is 0.0222 e. The minimum Gasteiger partial charge on any atom is -0.351 e. The molecule has 0 saturated carbocycles. The molecule has 0 bridgehead atoms. The molecule has 1 heteroatoms. The Balaban J connectivity index is 0.000000121. The fraction of sp³-hybridized carbons (Fsp3) is 0.576. The molecule has 1 aromatic heterocycles. The number of aryl methyl sites for hydroxylation is 6. The maximum absolute atomic E-state index is 2.42. The zero-order valence-corrected chi connectivity index (χ0v) is 22.2. The molecule has 2 heterocycles. The molecule has 2 aromatic rings. The number of nitrogens with zero attached hydrogens (tertiary/aromatic N) is 1. The summed E-state index contributed by atoms with van der Waals surface area (Å²) >= 11 is 0. The second-order valence-corrected chi connectivity index (χ2v) is 11.2. The van der Waals surface area contributed by atoms with E-state index < -0.39 is 0 Å². The van der Waals surface area contributed by atoms with Gasteiger partial charge in [-0.25, -0.2) is 0 Å². The van der Waals surface area contributed by atoms with E-state index in [0.29, 0.717) is 0 Å². The minimum atomic E-state index is 1.24. The van der Waals surface area contributed by atoms with Gasteiger partial charge in [-0.15, -0.1) is 0 Å². The van der Waals surface area contributed by atoms with E-state index in [4.69, 9.17) is 0 Å². The summed E-state index contributed by atoms with van der Waals surface area (Å²) in [7, 11) is 0. The molecule has 0 unspecified atom stereocenters. The predicted octanol–water partition coefficient (Wildman–Crippen LogP) is 9.38. The number of aromatic nitrogens is 1. The van der Waals surface area contributed by atoms with Crippen LogP contribution in [-0.4, -0.2) is 4.57 Å². The van der Waals surface area contributed by atoms with Gasteiger partial charge in [0.15, 0.2) is 0 Å². The average molecular weight is 458 g/mol. The van der Waals surface area contributed by atoms with E-state index in [-0.39, 0.29) is 0 Å². The van der Waals surface area contributed by atoms with Crippen molar-refractivity contribution in [3.05, 3.63) is 81.2 Å². The van der Waals surface area contributed by atoms with Crippen LogP contribution < -0.4 is 0 Å². The molecular weight excluding hydrogens is 410 g/mol. The van der Waals surface area contributed by atoms with Gasteiger partial charge in [-0.2, -0.15) is 0 Å². The van der Waals surface area contributed by atoms with E-state index in [9.17, 15) is 0 Å². The Bertz CT molecular complexity index is 976. The molecule has 184 valence electrons. The zero-order valence-electron chi connectivity index (χ0n) is 22.2. The van der Waals surface area contributed by atoms with Crippen molar-refractivity contribution < 1.29 is 0 Å². The lowest BCUT2D eigenvalue weighted by molar-refractivity contribution is 0.635. The molecule has 0 saturated heterocycles. The molecule has 34 heavy (non-hydrogen) atoms. The summed E-state index contributed by atoms with van der Waals surface area (Å²) in [6, 6.07) is 9.24. The van der Waals surface area contributed by atoms with Gasteiger partial charge >= 0.3 is 0 Å². The number of rotatable bonds is 0. The molecule has 0 N–H and O–H groups in total. The van der Waals surface area contributed by atoms with Gasteiger partial charge in [0.25, 0.3) is 0 Å². The van der Waals surface area contributed by atoms with Crippen molar-refractivity contribution in [1.29, 1.82) is 0 Å². The third-order valence-corrected chi connectivity index (χ3v) is 8.00. The Morgan fingerprint density at radius 3 is 2.18 bits per heavy atom. The minimum absolute atomic E-state index is 1.24. The quantitative estimate of drug-likeness (QED) is 0.347. The molecule has 1 aliphatic heterocycles. The number of hydrogen-bond donors (Lipinski definition) is 0. The highest BCUT2D eigenvalue weighted by Crippen LogP contribution is 2.34. The first-order chi connectivity index (χ1) is 16.6.